The van der Waals surface area contributed by atoms with Gasteiger partial charge in [-0.25, -0.2) is 4.79 Å². The number of hydrogen-bond donors (Lipinski definition) is 1. The molecule has 0 radical (unpaired) electrons. The highest BCUT2D eigenvalue weighted by molar-refractivity contribution is 6.44. The molecule has 1 saturated heterocycles. The van der Waals surface area contributed by atoms with Crippen LogP contribution in [0, 0.1) is 11.3 Å². The number of imide groups is 2. The largest absolute Gasteiger partial charge is 0.331 e. The second-order valence-electron chi connectivity index (χ2n) is 4.56. The second kappa shape index (κ2) is 2.56. The highest BCUT2D eigenvalue weighted by Crippen LogP contribution is 2.51. The first-order valence-corrected chi connectivity index (χ1v) is 4.58. The Morgan fingerprint density at radius 3 is 2.36 bits per heavy atom. The van der Waals surface area contributed by atoms with E-state index in [9.17, 15) is 14.4 Å². The van der Waals surface area contributed by atoms with Gasteiger partial charge in [-0.3, -0.25) is 19.8 Å². The molecule has 1 heterocycles. The Bertz CT molecular complexity index is 335. The molecule has 0 bridgehead atoms. The van der Waals surface area contributed by atoms with Gasteiger partial charge in [0, 0.05) is 6.54 Å². The Labute approximate surface area is 81.4 Å². The Hall–Kier alpha value is -1.39. The van der Waals surface area contributed by atoms with E-state index in [1.54, 1.807) is 0 Å². The van der Waals surface area contributed by atoms with Crippen molar-refractivity contribution in [3.05, 3.63) is 0 Å². The number of nitrogens with zero attached hydrogens (tertiary/aromatic N) is 1. The van der Waals surface area contributed by atoms with Crippen molar-refractivity contribution in [2.24, 2.45) is 11.3 Å². The maximum absolute atomic E-state index is 11.2. The van der Waals surface area contributed by atoms with Gasteiger partial charge in [-0.15, -0.1) is 0 Å². The summed E-state index contributed by atoms with van der Waals surface area (Å²) >= 11 is 0. The number of urea groups is 1. The molecule has 14 heavy (non-hydrogen) atoms. The predicted molar refractivity (Wildman–Crippen MR) is 47.1 cm³/mol. The van der Waals surface area contributed by atoms with Crippen molar-refractivity contribution < 1.29 is 14.4 Å². The number of carbonyl (C=O) groups excluding carboxylic acids is 3. The molecular formula is C9H12N2O3. The third kappa shape index (κ3) is 1.29. The normalized spacial score (nSPS) is 29.4. The lowest BCUT2D eigenvalue weighted by Gasteiger charge is -2.11. The SMILES string of the molecule is CC1(C)CC1CN1C(=O)NC(=O)C1=O. The number of amides is 4. The van der Waals surface area contributed by atoms with E-state index in [1.807, 2.05) is 5.32 Å². The molecule has 0 aromatic carbocycles. The van der Waals surface area contributed by atoms with E-state index in [1.165, 1.54) is 0 Å². The van der Waals surface area contributed by atoms with E-state index in [-0.39, 0.29) is 5.41 Å². The molecule has 1 unspecified atom stereocenters. The summed E-state index contributed by atoms with van der Waals surface area (Å²) in [6, 6.07) is -0.581. The Morgan fingerprint density at radius 2 is 2.00 bits per heavy atom. The number of carbonyl (C=O) groups is 3. The van der Waals surface area contributed by atoms with E-state index in [2.05, 4.69) is 13.8 Å². The van der Waals surface area contributed by atoms with Gasteiger partial charge in [-0.2, -0.15) is 0 Å². The van der Waals surface area contributed by atoms with Gasteiger partial charge < -0.3 is 0 Å². The van der Waals surface area contributed by atoms with E-state index < -0.39 is 17.8 Å². The lowest BCUT2D eigenvalue weighted by molar-refractivity contribution is -0.140. The molecule has 1 aliphatic carbocycles. The molecule has 0 aromatic heterocycles. The fraction of sp³-hybridized carbons (Fsp3) is 0.667. The van der Waals surface area contributed by atoms with Crippen molar-refractivity contribution in [2.45, 2.75) is 20.3 Å². The van der Waals surface area contributed by atoms with Crippen molar-refractivity contribution in [3.8, 4) is 0 Å². The molecule has 1 saturated carbocycles. The number of rotatable bonds is 2. The number of nitrogens with one attached hydrogen (secondary N) is 1. The van der Waals surface area contributed by atoms with Crippen LogP contribution in [0.4, 0.5) is 4.79 Å². The third-order valence-electron chi connectivity index (χ3n) is 3.03. The molecule has 2 rings (SSSR count). The van der Waals surface area contributed by atoms with Crippen molar-refractivity contribution >= 4 is 17.8 Å². The summed E-state index contributed by atoms with van der Waals surface area (Å²) in [5, 5.41) is 1.98. The fourth-order valence-electron chi connectivity index (χ4n) is 1.71. The molecule has 0 aromatic rings. The molecule has 1 N–H and O–H groups in total. The van der Waals surface area contributed by atoms with Gasteiger partial charge in [0.1, 0.15) is 0 Å². The summed E-state index contributed by atoms with van der Waals surface area (Å²) in [5.74, 6) is -1.20. The Balaban J connectivity index is 2.02. The minimum atomic E-state index is -0.812. The van der Waals surface area contributed by atoms with Crippen LogP contribution in [0.25, 0.3) is 0 Å². The maximum atomic E-state index is 11.2. The van der Waals surface area contributed by atoms with E-state index in [0.29, 0.717) is 12.5 Å². The predicted octanol–water partition coefficient (Wildman–Crippen LogP) is 0.111. The van der Waals surface area contributed by atoms with Crippen LogP contribution in [0.1, 0.15) is 20.3 Å². The van der Waals surface area contributed by atoms with Crippen molar-refractivity contribution in [3.63, 3.8) is 0 Å². The lowest BCUT2D eigenvalue weighted by atomic mass is 10.1. The van der Waals surface area contributed by atoms with E-state index in [0.717, 1.165) is 11.3 Å². The summed E-state index contributed by atoms with van der Waals surface area (Å²) in [4.78, 5) is 34.2. The Kier molecular flexibility index (Phi) is 1.68. The molecule has 5 nitrogen and oxygen atoms in total. The van der Waals surface area contributed by atoms with Crippen LogP contribution < -0.4 is 5.32 Å². The van der Waals surface area contributed by atoms with E-state index in [4.69, 9.17) is 0 Å². The monoisotopic (exact) mass is 196 g/mol. The molecule has 5 heteroatoms. The van der Waals surface area contributed by atoms with Crippen molar-refractivity contribution in [1.29, 1.82) is 0 Å². The van der Waals surface area contributed by atoms with Crippen LogP contribution in [0.15, 0.2) is 0 Å². The highest BCUT2D eigenvalue weighted by Gasteiger charge is 2.49. The zero-order chi connectivity index (χ0) is 10.5. The molecule has 1 atom stereocenters. The van der Waals surface area contributed by atoms with Crippen LogP contribution in [-0.2, 0) is 9.59 Å². The first-order chi connectivity index (χ1) is 6.42. The van der Waals surface area contributed by atoms with Crippen LogP contribution >= 0.6 is 0 Å². The van der Waals surface area contributed by atoms with E-state index >= 15 is 0 Å². The highest BCUT2D eigenvalue weighted by atomic mass is 16.2. The summed E-state index contributed by atoms with van der Waals surface area (Å²) in [7, 11) is 0. The standard InChI is InChI=1S/C9H12N2O3/c1-9(2)3-5(9)4-11-7(13)6(12)10-8(11)14/h5H,3-4H2,1-2H3,(H,10,12,14). The smallest absolute Gasteiger partial charge is 0.269 e. The quantitative estimate of drug-likeness (QED) is 0.503. The molecule has 4 amide bonds. The first-order valence-electron chi connectivity index (χ1n) is 4.58. The average molecular weight is 196 g/mol. The van der Waals surface area contributed by atoms with Gasteiger partial charge in [0.25, 0.3) is 0 Å². The van der Waals surface area contributed by atoms with Gasteiger partial charge in [0.15, 0.2) is 0 Å². The van der Waals surface area contributed by atoms with Gasteiger partial charge in [-0.05, 0) is 17.8 Å². The summed E-state index contributed by atoms with van der Waals surface area (Å²) in [6.07, 6.45) is 0.998. The Morgan fingerprint density at radius 1 is 1.43 bits per heavy atom. The second-order valence-corrected chi connectivity index (χ2v) is 4.56. The van der Waals surface area contributed by atoms with Crippen LogP contribution in [0.2, 0.25) is 0 Å². The third-order valence-corrected chi connectivity index (χ3v) is 3.03. The topological polar surface area (TPSA) is 66.5 Å². The fourth-order valence-corrected chi connectivity index (χ4v) is 1.71. The number of hydrogen-bond acceptors (Lipinski definition) is 3. The molecule has 2 fully saturated rings. The summed E-state index contributed by atoms with van der Waals surface area (Å²) in [5.41, 5.74) is 0.201. The van der Waals surface area contributed by atoms with Crippen LogP contribution in [0.3, 0.4) is 0 Å². The minimum Gasteiger partial charge on any atom is -0.269 e. The van der Waals surface area contributed by atoms with Gasteiger partial charge in [-0.1, -0.05) is 13.8 Å². The molecular weight excluding hydrogens is 184 g/mol. The van der Waals surface area contributed by atoms with Crippen molar-refractivity contribution in [2.75, 3.05) is 6.54 Å². The first kappa shape index (κ1) is 9.18. The molecule has 1 aliphatic heterocycles. The van der Waals surface area contributed by atoms with Gasteiger partial charge >= 0.3 is 17.8 Å². The zero-order valence-electron chi connectivity index (χ0n) is 8.16. The molecule has 2 aliphatic rings. The maximum Gasteiger partial charge on any atom is 0.331 e. The zero-order valence-corrected chi connectivity index (χ0v) is 8.16. The van der Waals surface area contributed by atoms with Crippen LogP contribution in [-0.4, -0.2) is 29.3 Å². The summed E-state index contributed by atoms with van der Waals surface area (Å²) in [6.45, 7) is 4.53. The molecule has 76 valence electrons. The van der Waals surface area contributed by atoms with Crippen molar-refractivity contribution in [1.82, 2.24) is 10.2 Å². The molecule has 0 spiro atoms. The summed E-state index contributed by atoms with van der Waals surface area (Å²) < 4.78 is 0. The minimum absolute atomic E-state index is 0.201. The van der Waals surface area contributed by atoms with Gasteiger partial charge in [0.05, 0.1) is 0 Å². The van der Waals surface area contributed by atoms with Gasteiger partial charge in [0.2, 0.25) is 0 Å². The average Bonchev–Trinajstić information content (AvgIpc) is 2.60. The van der Waals surface area contributed by atoms with Crippen LogP contribution in [0.5, 0.6) is 0 Å². The lowest BCUT2D eigenvalue weighted by Crippen LogP contribution is -2.33.